The molecule has 0 spiro atoms. The second-order valence-electron chi connectivity index (χ2n) is 4.29. The maximum Gasteiger partial charge on any atom is 0.123 e. The van der Waals surface area contributed by atoms with Gasteiger partial charge in [0.2, 0.25) is 0 Å². The summed E-state index contributed by atoms with van der Waals surface area (Å²) in [6.45, 7) is 3.54. The molecule has 0 saturated heterocycles. The lowest BCUT2D eigenvalue weighted by atomic mass is 10.2. The summed E-state index contributed by atoms with van der Waals surface area (Å²) in [4.78, 5) is 0. The third kappa shape index (κ3) is 2.76. The van der Waals surface area contributed by atoms with Crippen LogP contribution in [0, 0.1) is 5.82 Å². The molecule has 0 aliphatic rings. The lowest BCUT2D eigenvalue weighted by Gasteiger charge is -2.08. The second-order valence-corrected chi connectivity index (χ2v) is 4.29. The lowest BCUT2D eigenvalue weighted by molar-refractivity contribution is 0.613. The van der Waals surface area contributed by atoms with E-state index in [4.69, 9.17) is 0 Å². The smallest absolute Gasteiger partial charge is 0.123 e. The van der Waals surface area contributed by atoms with Gasteiger partial charge >= 0.3 is 0 Å². The van der Waals surface area contributed by atoms with Crippen molar-refractivity contribution >= 4 is 0 Å². The van der Waals surface area contributed by atoms with E-state index in [1.54, 1.807) is 12.1 Å². The third-order valence-electron chi connectivity index (χ3n) is 2.96. The van der Waals surface area contributed by atoms with Crippen molar-refractivity contribution in [2.45, 2.75) is 26.4 Å². The minimum atomic E-state index is -0.201. The van der Waals surface area contributed by atoms with Crippen LogP contribution in [0.3, 0.4) is 0 Å². The van der Waals surface area contributed by atoms with E-state index in [1.165, 1.54) is 17.3 Å². The van der Waals surface area contributed by atoms with E-state index in [-0.39, 0.29) is 5.82 Å². The van der Waals surface area contributed by atoms with Gasteiger partial charge in [-0.25, -0.2) is 4.39 Å². The van der Waals surface area contributed by atoms with Crippen LogP contribution in [0.1, 0.15) is 23.7 Å². The molecule has 1 N–H and O–H groups in total. The van der Waals surface area contributed by atoms with Crippen molar-refractivity contribution < 1.29 is 4.39 Å². The van der Waals surface area contributed by atoms with Crippen molar-refractivity contribution in [3.63, 3.8) is 0 Å². The van der Waals surface area contributed by atoms with E-state index in [0.29, 0.717) is 6.54 Å². The van der Waals surface area contributed by atoms with E-state index < -0.39 is 0 Å². The molecule has 0 fully saturated rings. The first-order valence-corrected chi connectivity index (χ1v) is 6.17. The van der Waals surface area contributed by atoms with Gasteiger partial charge in [0.15, 0.2) is 0 Å². The number of nitrogens with one attached hydrogen (secondary N) is 1. The number of nitrogens with zero attached hydrogens (tertiary/aromatic N) is 2. The molecular weight excluding hydrogens is 229 g/mol. The first-order chi connectivity index (χ1) is 8.74. The monoisotopic (exact) mass is 247 g/mol. The van der Waals surface area contributed by atoms with Gasteiger partial charge in [-0.15, -0.1) is 0 Å². The van der Waals surface area contributed by atoms with Gasteiger partial charge in [0, 0.05) is 17.8 Å². The van der Waals surface area contributed by atoms with E-state index in [1.807, 2.05) is 24.0 Å². The van der Waals surface area contributed by atoms with Crippen LogP contribution in [0.4, 0.5) is 4.39 Å². The molecule has 4 heteroatoms. The molecule has 3 nitrogen and oxygen atoms in total. The lowest BCUT2D eigenvalue weighted by Crippen LogP contribution is -2.10. The number of hydrogen-bond acceptors (Lipinski definition) is 2. The van der Waals surface area contributed by atoms with E-state index in [9.17, 15) is 4.39 Å². The number of rotatable bonds is 5. The van der Waals surface area contributed by atoms with Crippen LogP contribution >= 0.6 is 0 Å². The molecule has 18 heavy (non-hydrogen) atoms. The van der Waals surface area contributed by atoms with Crippen LogP contribution in [0.5, 0.6) is 0 Å². The summed E-state index contributed by atoms with van der Waals surface area (Å²) in [5.74, 6) is -0.201. The predicted molar refractivity (Wildman–Crippen MR) is 69.9 cm³/mol. The van der Waals surface area contributed by atoms with Crippen LogP contribution in [0.2, 0.25) is 0 Å². The van der Waals surface area contributed by atoms with Gasteiger partial charge in [-0.3, -0.25) is 4.68 Å². The van der Waals surface area contributed by atoms with Gasteiger partial charge in [-0.05, 0) is 31.2 Å². The molecular formula is C14H18FN3. The van der Waals surface area contributed by atoms with Crippen molar-refractivity contribution in [1.82, 2.24) is 15.1 Å². The molecule has 0 amide bonds. The Morgan fingerprint density at radius 3 is 2.89 bits per heavy atom. The highest BCUT2D eigenvalue weighted by Crippen LogP contribution is 2.12. The van der Waals surface area contributed by atoms with Crippen LogP contribution < -0.4 is 5.32 Å². The third-order valence-corrected chi connectivity index (χ3v) is 2.96. The normalized spacial score (nSPS) is 10.8. The van der Waals surface area contributed by atoms with Crippen LogP contribution in [-0.4, -0.2) is 16.8 Å². The summed E-state index contributed by atoms with van der Waals surface area (Å²) in [7, 11) is 1.92. The van der Waals surface area contributed by atoms with E-state index in [0.717, 1.165) is 18.5 Å². The zero-order valence-corrected chi connectivity index (χ0v) is 10.8. The van der Waals surface area contributed by atoms with E-state index in [2.05, 4.69) is 17.3 Å². The second kappa shape index (κ2) is 5.78. The van der Waals surface area contributed by atoms with Gasteiger partial charge in [-0.2, -0.15) is 5.10 Å². The predicted octanol–water partition coefficient (Wildman–Crippen LogP) is 2.35. The first kappa shape index (κ1) is 12.8. The Morgan fingerprint density at radius 1 is 1.39 bits per heavy atom. The number of halogens is 1. The summed E-state index contributed by atoms with van der Waals surface area (Å²) in [6.07, 6.45) is 2.81. The molecule has 2 aromatic rings. The van der Waals surface area contributed by atoms with Gasteiger partial charge in [0.25, 0.3) is 0 Å². The molecule has 0 unspecified atom stereocenters. The molecule has 2 rings (SSSR count). The summed E-state index contributed by atoms with van der Waals surface area (Å²) >= 11 is 0. The fraction of sp³-hybridized carbons (Fsp3) is 0.357. The van der Waals surface area contributed by atoms with E-state index >= 15 is 0 Å². The number of benzene rings is 1. The molecule has 96 valence electrons. The molecule has 0 aliphatic heterocycles. The van der Waals surface area contributed by atoms with Crippen LogP contribution in [0.15, 0.2) is 30.5 Å². The summed E-state index contributed by atoms with van der Waals surface area (Å²) < 4.78 is 15.1. The van der Waals surface area contributed by atoms with Gasteiger partial charge in [0.1, 0.15) is 5.82 Å². The Labute approximate surface area is 107 Å². The summed E-state index contributed by atoms with van der Waals surface area (Å²) in [5.41, 5.74) is 3.34. The fourth-order valence-electron chi connectivity index (χ4n) is 2.14. The van der Waals surface area contributed by atoms with Crippen LogP contribution in [-0.2, 0) is 19.5 Å². The Kier molecular flexibility index (Phi) is 4.10. The SMILES string of the molecule is CCc1c(CNC)cnn1Cc1cccc(F)c1. The van der Waals surface area contributed by atoms with Gasteiger partial charge in [0.05, 0.1) is 12.7 Å². The molecule has 0 atom stereocenters. The van der Waals surface area contributed by atoms with Crippen molar-refractivity contribution in [1.29, 1.82) is 0 Å². The first-order valence-electron chi connectivity index (χ1n) is 6.17. The Hall–Kier alpha value is -1.68. The zero-order valence-electron chi connectivity index (χ0n) is 10.8. The highest BCUT2D eigenvalue weighted by atomic mass is 19.1. The van der Waals surface area contributed by atoms with Crippen molar-refractivity contribution in [3.05, 3.63) is 53.1 Å². The fourth-order valence-corrected chi connectivity index (χ4v) is 2.14. The van der Waals surface area contributed by atoms with Crippen molar-refractivity contribution in [2.24, 2.45) is 0 Å². The summed E-state index contributed by atoms with van der Waals surface area (Å²) in [5, 5.41) is 7.52. The topological polar surface area (TPSA) is 29.9 Å². The van der Waals surface area contributed by atoms with Crippen LogP contribution in [0.25, 0.3) is 0 Å². The largest absolute Gasteiger partial charge is 0.316 e. The standard InChI is InChI=1S/C14H18FN3/c1-3-14-12(8-16-2)9-17-18(14)10-11-5-4-6-13(15)7-11/h4-7,9,16H,3,8,10H2,1-2H3. The Morgan fingerprint density at radius 2 is 2.22 bits per heavy atom. The van der Waals surface area contributed by atoms with Crippen molar-refractivity contribution in [3.8, 4) is 0 Å². The Balaban J connectivity index is 2.23. The molecule has 0 aliphatic carbocycles. The molecule has 1 aromatic heterocycles. The quantitative estimate of drug-likeness (QED) is 0.879. The average Bonchev–Trinajstić information content (AvgIpc) is 2.72. The molecule has 0 bridgehead atoms. The van der Waals surface area contributed by atoms with Gasteiger partial charge < -0.3 is 5.32 Å². The highest BCUT2D eigenvalue weighted by Gasteiger charge is 2.08. The van der Waals surface area contributed by atoms with Crippen molar-refractivity contribution in [2.75, 3.05) is 7.05 Å². The molecule has 0 saturated carbocycles. The average molecular weight is 247 g/mol. The maximum atomic E-state index is 13.1. The molecule has 1 aromatic carbocycles. The maximum absolute atomic E-state index is 13.1. The summed E-state index contributed by atoms with van der Waals surface area (Å²) in [6, 6.07) is 6.66. The number of aromatic nitrogens is 2. The zero-order chi connectivity index (χ0) is 13.0. The molecule has 0 radical (unpaired) electrons. The Bertz CT molecular complexity index is 520. The minimum Gasteiger partial charge on any atom is -0.316 e. The highest BCUT2D eigenvalue weighted by molar-refractivity contribution is 5.21. The number of hydrogen-bond donors (Lipinski definition) is 1. The van der Waals surface area contributed by atoms with Gasteiger partial charge in [-0.1, -0.05) is 19.1 Å². The minimum absolute atomic E-state index is 0.201. The molecule has 1 heterocycles.